The summed E-state index contributed by atoms with van der Waals surface area (Å²) in [6.07, 6.45) is 9.26. The van der Waals surface area contributed by atoms with Crippen molar-refractivity contribution in [1.82, 2.24) is 0 Å². The van der Waals surface area contributed by atoms with Crippen molar-refractivity contribution in [2.24, 2.45) is 0 Å². The van der Waals surface area contributed by atoms with Crippen LogP contribution in [0.3, 0.4) is 0 Å². The first kappa shape index (κ1) is 9.80. The first-order chi connectivity index (χ1) is 6.33. The van der Waals surface area contributed by atoms with Crippen molar-refractivity contribution in [2.75, 3.05) is 0 Å². The molecule has 13 heavy (non-hydrogen) atoms. The summed E-state index contributed by atoms with van der Waals surface area (Å²) in [4.78, 5) is 10.1. The quantitative estimate of drug-likeness (QED) is 0.339. The van der Waals surface area contributed by atoms with Gasteiger partial charge in [-0.15, -0.1) is 0 Å². The maximum atomic E-state index is 10.1. The molecule has 0 unspecified atom stereocenters. The second-order valence-electron chi connectivity index (χ2n) is 3.21. The minimum Gasteiger partial charge on any atom is -0.299 e. The Hall–Kier alpha value is -1.29. The molecule has 0 fully saturated rings. The second kappa shape index (κ2) is 5.37. The Labute approximate surface area is 79.5 Å². The molecule has 1 heteroatoms. The Balaban J connectivity index is 2.59. The van der Waals surface area contributed by atoms with Crippen LogP contribution < -0.4 is 0 Å². The van der Waals surface area contributed by atoms with Gasteiger partial charge in [-0.1, -0.05) is 17.9 Å². The number of rotatable bonds is 1. The molecule has 0 aromatic heterocycles. The number of carbonyl (C=O) groups is 1. The van der Waals surface area contributed by atoms with Gasteiger partial charge in [-0.2, -0.15) is 0 Å². The zero-order valence-electron chi connectivity index (χ0n) is 7.97. The predicted molar refractivity (Wildman–Crippen MR) is 54.1 cm³/mol. The second-order valence-corrected chi connectivity index (χ2v) is 3.21. The van der Waals surface area contributed by atoms with Gasteiger partial charge in [0.15, 0.2) is 0 Å². The van der Waals surface area contributed by atoms with E-state index in [0.717, 1.165) is 24.7 Å². The molecule has 1 aliphatic rings. The lowest BCUT2D eigenvalue weighted by molar-refractivity contribution is -0.104. The van der Waals surface area contributed by atoms with E-state index in [2.05, 4.69) is 17.9 Å². The van der Waals surface area contributed by atoms with Crippen LogP contribution in [0.1, 0.15) is 32.6 Å². The van der Waals surface area contributed by atoms with Gasteiger partial charge in [0, 0.05) is 5.57 Å². The van der Waals surface area contributed by atoms with Crippen LogP contribution in [0.15, 0.2) is 23.3 Å². The lowest BCUT2D eigenvalue weighted by atomic mass is 10.00. The van der Waals surface area contributed by atoms with Gasteiger partial charge in [0.1, 0.15) is 6.29 Å². The number of carbonyl (C=O) groups excluding carboxylic acids is 1. The predicted octanol–water partition coefficient (Wildman–Crippen LogP) is 2.64. The van der Waals surface area contributed by atoms with Crippen molar-refractivity contribution in [3.63, 3.8) is 0 Å². The fraction of sp³-hybridized carbons (Fsp3) is 0.417. The Morgan fingerprint density at radius 1 is 1.54 bits per heavy atom. The van der Waals surface area contributed by atoms with Crippen LogP contribution in [0.4, 0.5) is 0 Å². The van der Waals surface area contributed by atoms with E-state index in [0.29, 0.717) is 0 Å². The van der Waals surface area contributed by atoms with Crippen LogP contribution >= 0.6 is 0 Å². The third-order valence-corrected chi connectivity index (χ3v) is 2.03. The summed E-state index contributed by atoms with van der Waals surface area (Å²) in [6, 6.07) is 0. The highest BCUT2D eigenvalue weighted by molar-refractivity contribution is 5.67. The van der Waals surface area contributed by atoms with E-state index in [1.165, 1.54) is 24.5 Å². The van der Waals surface area contributed by atoms with E-state index in [4.69, 9.17) is 0 Å². The monoisotopic (exact) mass is 174 g/mol. The zero-order valence-corrected chi connectivity index (χ0v) is 7.97. The largest absolute Gasteiger partial charge is 0.299 e. The molecule has 0 atom stereocenters. The summed E-state index contributed by atoms with van der Waals surface area (Å²) >= 11 is 0. The van der Waals surface area contributed by atoms with Gasteiger partial charge in [-0.25, -0.2) is 0 Å². The fourth-order valence-corrected chi connectivity index (χ4v) is 1.27. The standard InChI is InChI=1S/C12H14O/c1-11(9-10-13)7-8-12-5-3-2-4-6-12/h5,9-10H,2-4,6H2,1H3/b11-9+. The van der Waals surface area contributed by atoms with Gasteiger partial charge in [-0.3, -0.25) is 4.79 Å². The number of hydrogen-bond acceptors (Lipinski definition) is 1. The van der Waals surface area contributed by atoms with E-state index in [-0.39, 0.29) is 0 Å². The van der Waals surface area contributed by atoms with Crippen LogP contribution in [0.2, 0.25) is 0 Å². The Kier molecular flexibility index (Phi) is 4.05. The van der Waals surface area contributed by atoms with Crippen molar-refractivity contribution in [3.05, 3.63) is 23.3 Å². The average molecular weight is 174 g/mol. The van der Waals surface area contributed by atoms with E-state index < -0.39 is 0 Å². The van der Waals surface area contributed by atoms with Gasteiger partial charge in [0.25, 0.3) is 0 Å². The van der Waals surface area contributed by atoms with E-state index >= 15 is 0 Å². The normalized spacial score (nSPS) is 17.0. The number of aldehydes is 1. The number of hydrogen-bond donors (Lipinski definition) is 0. The Morgan fingerprint density at radius 2 is 2.38 bits per heavy atom. The summed E-state index contributed by atoms with van der Waals surface area (Å²) in [5, 5.41) is 0. The topological polar surface area (TPSA) is 17.1 Å². The van der Waals surface area contributed by atoms with Crippen LogP contribution in [-0.2, 0) is 4.79 Å². The molecule has 0 heterocycles. The molecular weight excluding hydrogens is 160 g/mol. The first-order valence-corrected chi connectivity index (χ1v) is 4.66. The molecule has 0 saturated heterocycles. The Morgan fingerprint density at radius 3 is 3.00 bits per heavy atom. The van der Waals surface area contributed by atoms with Crippen LogP contribution in [-0.4, -0.2) is 6.29 Å². The lowest BCUT2D eigenvalue weighted by Gasteiger charge is -2.05. The highest BCUT2D eigenvalue weighted by Crippen LogP contribution is 2.16. The van der Waals surface area contributed by atoms with Gasteiger partial charge in [0.2, 0.25) is 0 Å². The maximum Gasteiger partial charge on any atom is 0.143 e. The van der Waals surface area contributed by atoms with Crippen molar-refractivity contribution in [2.45, 2.75) is 32.6 Å². The molecule has 0 bridgehead atoms. The Bertz CT molecular complexity index is 297. The van der Waals surface area contributed by atoms with Crippen molar-refractivity contribution < 1.29 is 4.79 Å². The molecule has 0 aliphatic heterocycles. The van der Waals surface area contributed by atoms with Crippen molar-refractivity contribution >= 4 is 6.29 Å². The smallest absolute Gasteiger partial charge is 0.143 e. The van der Waals surface area contributed by atoms with Gasteiger partial charge >= 0.3 is 0 Å². The maximum absolute atomic E-state index is 10.1. The summed E-state index contributed by atoms with van der Waals surface area (Å²) < 4.78 is 0. The average Bonchev–Trinajstić information content (AvgIpc) is 2.17. The van der Waals surface area contributed by atoms with E-state index in [1.54, 1.807) is 0 Å². The van der Waals surface area contributed by atoms with Crippen molar-refractivity contribution in [3.8, 4) is 11.8 Å². The van der Waals surface area contributed by atoms with Gasteiger partial charge < -0.3 is 0 Å². The SMILES string of the molecule is C/C(C#CC1=CCCCC1)=C\C=O. The van der Waals surface area contributed by atoms with Crippen molar-refractivity contribution in [1.29, 1.82) is 0 Å². The van der Waals surface area contributed by atoms with E-state index in [9.17, 15) is 4.79 Å². The van der Waals surface area contributed by atoms with Crippen LogP contribution in [0.5, 0.6) is 0 Å². The summed E-state index contributed by atoms with van der Waals surface area (Å²) in [6.45, 7) is 1.85. The van der Waals surface area contributed by atoms with Gasteiger partial charge in [0.05, 0.1) is 0 Å². The summed E-state index contributed by atoms with van der Waals surface area (Å²) in [5.41, 5.74) is 2.06. The fourth-order valence-electron chi connectivity index (χ4n) is 1.27. The molecule has 0 N–H and O–H groups in total. The van der Waals surface area contributed by atoms with Crippen LogP contribution in [0, 0.1) is 11.8 Å². The van der Waals surface area contributed by atoms with E-state index in [1.807, 2.05) is 6.92 Å². The van der Waals surface area contributed by atoms with Gasteiger partial charge in [-0.05, 0) is 44.3 Å². The highest BCUT2D eigenvalue weighted by Gasteiger charge is 1.99. The molecule has 0 radical (unpaired) electrons. The molecule has 68 valence electrons. The molecule has 1 nitrogen and oxygen atoms in total. The molecule has 1 aliphatic carbocycles. The molecule has 0 aromatic rings. The third kappa shape index (κ3) is 3.75. The number of allylic oxidation sites excluding steroid dienone is 4. The zero-order chi connectivity index (χ0) is 9.52. The molecular formula is C12H14O. The summed E-state index contributed by atoms with van der Waals surface area (Å²) in [5.74, 6) is 6.05. The minimum atomic E-state index is 0.777. The van der Waals surface area contributed by atoms with Crippen LogP contribution in [0.25, 0.3) is 0 Å². The molecule has 1 rings (SSSR count). The minimum absolute atomic E-state index is 0.777. The highest BCUT2D eigenvalue weighted by atomic mass is 16.1. The molecule has 0 spiro atoms. The summed E-state index contributed by atoms with van der Waals surface area (Å²) in [7, 11) is 0. The molecule has 0 aromatic carbocycles. The molecule has 0 saturated carbocycles. The third-order valence-electron chi connectivity index (χ3n) is 2.03. The first-order valence-electron chi connectivity index (χ1n) is 4.66. The molecule has 0 amide bonds. The lowest BCUT2D eigenvalue weighted by Crippen LogP contribution is -1.88.